The number of rotatable bonds is 1. The number of alkyl halides is 3. The van der Waals surface area contributed by atoms with Gasteiger partial charge in [-0.05, 0) is 32.7 Å². The molecule has 2 rings (SSSR count). The molecule has 1 amide bonds. The van der Waals surface area contributed by atoms with Gasteiger partial charge in [-0.3, -0.25) is 4.79 Å². The van der Waals surface area contributed by atoms with Crippen LogP contribution in [-0.2, 0) is 4.79 Å². The zero-order valence-electron chi connectivity index (χ0n) is 10.3. The maximum atomic E-state index is 12.5. The Morgan fingerprint density at radius 2 is 2.22 bits per heavy atom. The Bertz CT molecular complexity index is 370. The molecule has 0 aromatic heterocycles. The number of nitrogens with one attached hydrogen (secondary N) is 1. The molecule has 3 nitrogen and oxygen atoms in total. The van der Waals surface area contributed by atoms with Crippen molar-refractivity contribution in [2.24, 2.45) is 0 Å². The lowest BCUT2D eigenvalue weighted by Gasteiger charge is -2.34. The minimum Gasteiger partial charge on any atom is -0.337 e. The number of amides is 1. The van der Waals surface area contributed by atoms with E-state index < -0.39 is 17.3 Å². The SMILES string of the molecule is CC1(C(=O)N2CC=C(C(F)(F)F)CC2)CCCN1. The van der Waals surface area contributed by atoms with Crippen LogP contribution in [0.5, 0.6) is 0 Å². The molecule has 0 saturated carbocycles. The largest absolute Gasteiger partial charge is 0.412 e. The summed E-state index contributed by atoms with van der Waals surface area (Å²) in [6.07, 6.45) is -1.56. The Labute approximate surface area is 104 Å². The summed E-state index contributed by atoms with van der Waals surface area (Å²) >= 11 is 0. The second-order valence-corrected chi connectivity index (χ2v) is 5.09. The Hall–Kier alpha value is -1.04. The second kappa shape index (κ2) is 4.57. The standard InChI is InChI=1S/C12H17F3N2O/c1-11(5-2-6-16-11)10(18)17-7-3-9(4-8-17)12(13,14)15/h3,16H,2,4-8H2,1H3. The summed E-state index contributed by atoms with van der Waals surface area (Å²) in [5, 5.41) is 3.14. The van der Waals surface area contributed by atoms with Crippen molar-refractivity contribution < 1.29 is 18.0 Å². The van der Waals surface area contributed by atoms with Gasteiger partial charge in [0.25, 0.3) is 0 Å². The predicted molar refractivity (Wildman–Crippen MR) is 61.0 cm³/mol. The van der Waals surface area contributed by atoms with Crippen LogP contribution in [0.25, 0.3) is 0 Å². The molecule has 1 fully saturated rings. The molecule has 2 aliphatic heterocycles. The smallest absolute Gasteiger partial charge is 0.337 e. The van der Waals surface area contributed by atoms with Crippen LogP contribution in [-0.4, -0.2) is 42.2 Å². The first kappa shape index (κ1) is 13.4. The zero-order chi connectivity index (χ0) is 13.4. The van der Waals surface area contributed by atoms with Gasteiger partial charge in [-0.1, -0.05) is 6.08 Å². The van der Waals surface area contributed by atoms with Gasteiger partial charge in [0.1, 0.15) is 0 Å². The van der Waals surface area contributed by atoms with E-state index >= 15 is 0 Å². The van der Waals surface area contributed by atoms with E-state index in [0.717, 1.165) is 25.5 Å². The summed E-state index contributed by atoms with van der Waals surface area (Å²) in [5.74, 6) is -0.0857. The van der Waals surface area contributed by atoms with E-state index in [0.29, 0.717) is 0 Å². The highest BCUT2D eigenvalue weighted by Gasteiger charge is 2.41. The highest BCUT2D eigenvalue weighted by atomic mass is 19.4. The van der Waals surface area contributed by atoms with Crippen LogP contribution in [0.15, 0.2) is 11.6 Å². The van der Waals surface area contributed by atoms with E-state index in [1.807, 2.05) is 6.92 Å². The number of carbonyl (C=O) groups excluding carboxylic acids is 1. The maximum absolute atomic E-state index is 12.5. The van der Waals surface area contributed by atoms with E-state index in [1.54, 1.807) is 0 Å². The predicted octanol–water partition coefficient (Wildman–Crippen LogP) is 1.85. The van der Waals surface area contributed by atoms with Crippen LogP contribution in [0.3, 0.4) is 0 Å². The molecular weight excluding hydrogens is 245 g/mol. The molecule has 0 aromatic rings. The normalized spacial score (nSPS) is 29.3. The Morgan fingerprint density at radius 1 is 1.50 bits per heavy atom. The van der Waals surface area contributed by atoms with Crippen LogP contribution in [0.4, 0.5) is 13.2 Å². The Balaban J connectivity index is 2.02. The molecule has 102 valence electrons. The molecule has 18 heavy (non-hydrogen) atoms. The van der Waals surface area contributed by atoms with Crippen molar-refractivity contribution in [3.8, 4) is 0 Å². The minimum atomic E-state index is -4.26. The van der Waals surface area contributed by atoms with E-state index in [-0.39, 0.29) is 25.4 Å². The number of halogens is 3. The van der Waals surface area contributed by atoms with Gasteiger partial charge in [-0.2, -0.15) is 13.2 Å². The van der Waals surface area contributed by atoms with E-state index in [2.05, 4.69) is 5.32 Å². The molecule has 1 atom stereocenters. The topological polar surface area (TPSA) is 32.3 Å². The van der Waals surface area contributed by atoms with Crippen LogP contribution >= 0.6 is 0 Å². The molecule has 0 aromatic carbocycles. The molecule has 0 bridgehead atoms. The number of nitrogens with zero attached hydrogens (tertiary/aromatic N) is 1. The summed E-state index contributed by atoms with van der Waals surface area (Å²) in [7, 11) is 0. The summed E-state index contributed by atoms with van der Waals surface area (Å²) in [4.78, 5) is 13.7. The summed E-state index contributed by atoms with van der Waals surface area (Å²) in [6.45, 7) is 2.83. The van der Waals surface area contributed by atoms with Crippen LogP contribution in [0.2, 0.25) is 0 Å². The highest BCUT2D eigenvalue weighted by Crippen LogP contribution is 2.31. The quantitative estimate of drug-likeness (QED) is 0.731. The van der Waals surface area contributed by atoms with Crippen LogP contribution < -0.4 is 5.32 Å². The number of carbonyl (C=O) groups is 1. The molecule has 6 heteroatoms. The first-order valence-corrected chi connectivity index (χ1v) is 6.13. The molecule has 2 aliphatic rings. The first-order chi connectivity index (χ1) is 8.33. The van der Waals surface area contributed by atoms with Gasteiger partial charge >= 0.3 is 6.18 Å². The molecule has 1 N–H and O–H groups in total. The molecule has 0 radical (unpaired) electrons. The average molecular weight is 262 g/mol. The monoisotopic (exact) mass is 262 g/mol. The summed E-state index contributed by atoms with van der Waals surface area (Å²) < 4.78 is 37.4. The fourth-order valence-corrected chi connectivity index (χ4v) is 2.54. The van der Waals surface area contributed by atoms with Crippen molar-refractivity contribution in [2.75, 3.05) is 19.6 Å². The van der Waals surface area contributed by atoms with Gasteiger partial charge in [0.15, 0.2) is 0 Å². The van der Waals surface area contributed by atoms with Gasteiger partial charge in [-0.25, -0.2) is 0 Å². The van der Waals surface area contributed by atoms with Gasteiger partial charge in [0.2, 0.25) is 5.91 Å². The Kier molecular flexibility index (Phi) is 3.40. The van der Waals surface area contributed by atoms with Crippen molar-refractivity contribution in [2.45, 2.75) is 37.9 Å². The molecule has 2 heterocycles. The minimum absolute atomic E-state index is 0.0605. The molecular formula is C12H17F3N2O. The summed E-state index contributed by atoms with van der Waals surface area (Å²) in [6, 6.07) is 0. The third-order valence-electron chi connectivity index (χ3n) is 3.70. The molecule has 1 unspecified atom stereocenters. The van der Waals surface area contributed by atoms with Gasteiger partial charge in [0, 0.05) is 18.7 Å². The lowest BCUT2D eigenvalue weighted by atomic mass is 9.97. The molecule has 0 spiro atoms. The third kappa shape index (κ3) is 2.53. The van der Waals surface area contributed by atoms with Crippen molar-refractivity contribution in [3.05, 3.63) is 11.6 Å². The fraction of sp³-hybridized carbons (Fsp3) is 0.750. The van der Waals surface area contributed by atoms with Crippen LogP contribution in [0, 0.1) is 0 Å². The van der Waals surface area contributed by atoms with E-state index in [1.165, 1.54) is 4.90 Å². The average Bonchev–Trinajstić information content (AvgIpc) is 2.75. The third-order valence-corrected chi connectivity index (χ3v) is 3.70. The highest BCUT2D eigenvalue weighted by molar-refractivity contribution is 5.86. The van der Waals surface area contributed by atoms with Crippen molar-refractivity contribution in [1.82, 2.24) is 10.2 Å². The van der Waals surface area contributed by atoms with E-state index in [9.17, 15) is 18.0 Å². The van der Waals surface area contributed by atoms with Gasteiger partial charge < -0.3 is 10.2 Å². The first-order valence-electron chi connectivity index (χ1n) is 6.13. The Morgan fingerprint density at radius 3 is 2.67 bits per heavy atom. The zero-order valence-corrected chi connectivity index (χ0v) is 10.3. The maximum Gasteiger partial charge on any atom is 0.412 e. The summed E-state index contributed by atoms with van der Waals surface area (Å²) in [5.41, 5.74) is -1.11. The van der Waals surface area contributed by atoms with Crippen molar-refractivity contribution >= 4 is 5.91 Å². The lowest BCUT2D eigenvalue weighted by molar-refractivity contribution is -0.138. The van der Waals surface area contributed by atoms with Crippen LogP contribution in [0.1, 0.15) is 26.2 Å². The fourth-order valence-electron chi connectivity index (χ4n) is 2.54. The van der Waals surface area contributed by atoms with Gasteiger partial charge in [-0.15, -0.1) is 0 Å². The number of hydrogen-bond donors (Lipinski definition) is 1. The lowest BCUT2D eigenvalue weighted by Crippen LogP contribution is -2.54. The van der Waals surface area contributed by atoms with Crippen molar-refractivity contribution in [3.63, 3.8) is 0 Å². The van der Waals surface area contributed by atoms with Gasteiger partial charge in [0.05, 0.1) is 5.54 Å². The molecule has 0 aliphatic carbocycles. The van der Waals surface area contributed by atoms with E-state index in [4.69, 9.17) is 0 Å². The molecule has 1 saturated heterocycles. The second-order valence-electron chi connectivity index (χ2n) is 5.09. The number of hydrogen-bond acceptors (Lipinski definition) is 2. The van der Waals surface area contributed by atoms with Crippen molar-refractivity contribution in [1.29, 1.82) is 0 Å².